The quantitative estimate of drug-likeness (QED) is 0.801. The van der Waals surface area contributed by atoms with Crippen molar-refractivity contribution in [2.45, 2.75) is 26.3 Å². The highest BCUT2D eigenvalue weighted by Gasteiger charge is 2.35. The van der Waals surface area contributed by atoms with E-state index < -0.39 is 0 Å². The van der Waals surface area contributed by atoms with Crippen molar-refractivity contribution in [1.29, 1.82) is 5.26 Å². The number of carbonyl (C=O) groups is 3. The van der Waals surface area contributed by atoms with Crippen LogP contribution in [0.4, 0.5) is 0 Å². The van der Waals surface area contributed by atoms with Crippen LogP contribution in [0, 0.1) is 11.3 Å². The highest BCUT2D eigenvalue weighted by Crippen LogP contribution is 2.24. The zero-order chi connectivity index (χ0) is 19.4. The van der Waals surface area contributed by atoms with Crippen molar-refractivity contribution in [3.8, 4) is 6.07 Å². The first kappa shape index (κ1) is 18.3. The number of fused-ring (bicyclic) bond motifs is 1. The summed E-state index contributed by atoms with van der Waals surface area (Å²) in [6.45, 7) is 2.65. The number of unbranched alkanes of at least 4 members (excludes halogenated alkanes) is 1. The van der Waals surface area contributed by atoms with Gasteiger partial charge in [-0.2, -0.15) is 5.26 Å². The fourth-order valence-electron chi connectivity index (χ4n) is 2.99. The standard InChI is InChI=1S/C21H19N3O3/c1-2-3-9-24-20(26)17-8-7-16(11-18(17)21(24)27)19(25)23-13-15-6-4-5-14(10-15)12-22/h4-8,10-11H,2-3,9,13H2,1H3,(H,23,25). The summed E-state index contributed by atoms with van der Waals surface area (Å²) in [6.07, 6.45) is 1.63. The number of nitrogens with zero attached hydrogens (tertiary/aromatic N) is 2. The van der Waals surface area contributed by atoms with Crippen LogP contribution in [0.5, 0.6) is 0 Å². The van der Waals surface area contributed by atoms with E-state index >= 15 is 0 Å². The summed E-state index contributed by atoms with van der Waals surface area (Å²) >= 11 is 0. The number of amides is 3. The molecule has 1 heterocycles. The monoisotopic (exact) mass is 361 g/mol. The molecule has 0 radical (unpaired) electrons. The molecule has 0 fully saturated rings. The smallest absolute Gasteiger partial charge is 0.261 e. The van der Waals surface area contributed by atoms with Gasteiger partial charge in [0.25, 0.3) is 17.7 Å². The van der Waals surface area contributed by atoms with Crippen molar-refractivity contribution in [3.05, 3.63) is 70.3 Å². The van der Waals surface area contributed by atoms with Crippen molar-refractivity contribution in [2.24, 2.45) is 0 Å². The summed E-state index contributed by atoms with van der Waals surface area (Å²) in [4.78, 5) is 38.5. The van der Waals surface area contributed by atoms with E-state index in [1.165, 1.54) is 17.0 Å². The molecule has 136 valence electrons. The third-order valence-corrected chi connectivity index (χ3v) is 4.48. The second-order valence-electron chi connectivity index (χ2n) is 6.37. The van der Waals surface area contributed by atoms with E-state index in [4.69, 9.17) is 5.26 Å². The van der Waals surface area contributed by atoms with Crippen LogP contribution in [0.1, 0.15) is 62.0 Å². The van der Waals surface area contributed by atoms with E-state index in [2.05, 4.69) is 11.4 Å². The molecule has 0 bridgehead atoms. The Bertz CT molecular complexity index is 959. The fraction of sp³-hybridized carbons (Fsp3) is 0.238. The zero-order valence-corrected chi connectivity index (χ0v) is 15.0. The minimum atomic E-state index is -0.347. The van der Waals surface area contributed by atoms with Crippen molar-refractivity contribution in [2.75, 3.05) is 6.54 Å². The molecule has 27 heavy (non-hydrogen) atoms. The first-order valence-electron chi connectivity index (χ1n) is 8.82. The van der Waals surface area contributed by atoms with E-state index in [1.807, 2.05) is 13.0 Å². The Labute approximate surface area is 157 Å². The predicted molar refractivity (Wildman–Crippen MR) is 99.0 cm³/mol. The van der Waals surface area contributed by atoms with Gasteiger partial charge in [0.2, 0.25) is 0 Å². The lowest BCUT2D eigenvalue weighted by molar-refractivity contribution is 0.0652. The Morgan fingerprint density at radius 3 is 2.63 bits per heavy atom. The Morgan fingerprint density at radius 1 is 1.11 bits per heavy atom. The van der Waals surface area contributed by atoms with E-state index in [-0.39, 0.29) is 29.8 Å². The maximum Gasteiger partial charge on any atom is 0.261 e. The van der Waals surface area contributed by atoms with E-state index in [9.17, 15) is 14.4 Å². The minimum Gasteiger partial charge on any atom is -0.348 e. The van der Waals surface area contributed by atoms with Gasteiger partial charge in [-0.3, -0.25) is 19.3 Å². The first-order chi connectivity index (χ1) is 13.0. The normalized spacial score (nSPS) is 12.7. The van der Waals surface area contributed by atoms with Gasteiger partial charge in [-0.15, -0.1) is 0 Å². The molecule has 0 saturated carbocycles. The number of nitriles is 1. The number of hydrogen-bond acceptors (Lipinski definition) is 4. The number of imide groups is 1. The molecule has 0 atom stereocenters. The third-order valence-electron chi connectivity index (χ3n) is 4.48. The molecule has 6 heteroatoms. The number of rotatable bonds is 6. The lowest BCUT2D eigenvalue weighted by Gasteiger charge is -2.12. The van der Waals surface area contributed by atoms with Gasteiger partial charge in [0.05, 0.1) is 22.8 Å². The van der Waals surface area contributed by atoms with Gasteiger partial charge in [-0.05, 0) is 42.3 Å². The lowest BCUT2D eigenvalue weighted by atomic mass is 10.1. The zero-order valence-electron chi connectivity index (χ0n) is 15.0. The molecule has 2 aromatic carbocycles. The first-order valence-corrected chi connectivity index (χ1v) is 8.82. The highest BCUT2D eigenvalue weighted by molar-refractivity contribution is 6.22. The second kappa shape index (κ2) is 7.83. The van der Waals surface area contributed by atoms with Crippen LogP contribution in [0.25, 0.3) is 0 Å². The summed E-state index contributed by atoms with van der Waals surface area (Å²) in [6, 6.07) is 13.6. The molecule has 0 aromatic heterocycles. The SMILES string of the molecule is CCCCN1C(=O)c2ccc(C(=O)NCc3cccc(C#N)c3)cc2C1=O. The van der Waals surface area contributed by atoms with Crippen LogP contribution >= 0.6 is 0 Å². The Kier molecular flexibility index (Phi) is 5.32. The van der Waals surface area contributed by atoms with Crippen LogP contribution in [-0.2, 0) is 6.54 Å². The number of nitrogens with one attached hydrogen (secondary N) is 1. The summed E-state index contributed by atoms with van der Waals surface area (Å²) in [7, 11) is 0. The molecule has 2 aromatic rings. The number of hydrogen-bond donors (Lipinski definition) is 1. The average molecular weight is 361 g/mol. The van der Waals surface area contributed by atoms with Crippen LogP contribution in [0.3, 0.4) is 0 Å². The number of benzene rings is 2. The molecule has 1 aliphatic heterocycles. The molecule has 1 N–H and O–H groups in total. The van der Waals surface area contributed by atoms with Crippen LogP contribution in [-0.4, -0.2) is 29.2 Å². The number of carbonyl (C=O) groups excluding carboxylic acids is 3. The molecular weight excluding hydrogens is 342 g/mol. The Balaban J connectivity index is 1.73. The van der Waals surface area contributed by atoms with Crippen molar-refractivity contribution in [1.82, 2.24) is 10.2 Å². The van der Waals surface area contributed by atoms with Gasteiger partial charge in [-0.1, -0.05) is 25.5 Å². The summed E-state index contributed by atoms with van der Waals surface area (Å²) < 4.78 is 0. The molecule has 0 spiro atoms. The topological polar surface area (TPSA) is 90.3 Å². The largest absolute Gasteiger partial charge is 0.348 e. The molecule has 6 nitrogen and oxygen atoms in total. The molecule has 0 unspecified atom stereocenters. The van der Waals surface area contributed by atoms with Gasteiger partial charge in [0, 0.05) is 18.7 Å². The molecule has 3 rings (SSSR count). The fourth-order valence-corrected chi connectivity index (χ4v) is 2.99. The van der Waals surface area contributed by atoms with Crippen molar-refractivity contribution < 1.29 is 14.4 Å². The van der Waals surface area contributed by atoms with Crippen molar-refractivity contribution in [3.63, 3.8) is 0 Å². The van der Waals surface area contributed by atoms with Gasteiger partial charge in [-0.25, -0.2) is 0 Å². The lowest BCUT2D eigenvalue weighted by Crippen LogP contribution is -2.30. The molecule has 3 amide bonds. The van der Waals surface area contributed by atoms with E-state index in [0.29, 0.717) is 23.2 Å². The van der Waals surface area contributed by atoms with E-state index in [0.717, 1.165) is 18.4 Å². The third kappa shape index (κ3) is 3.72. The molecule has 0 aliphatic carbocycles. The Morgan fingerprint density at radius 2 is 1.89 bits per heavy atom. The van der Waals surface area contributed by atoms with Gasteiger partial charge in [0.15, 0.2) is 0 Å². The summed E-state index contributed by atoms with van der Waals surface area (Å²) in [5, 5.41) is 11.7. The highest BCUT2D eigenvalue weighted by atomic mass is 16.2. The summed E-state index contributed by atoms with van der Waals surface area (Å²) in [5.74, 6) is -0.990. The molecule has 0 saturated heterocycles. The van der Waals surface area contributed by atoms with Crippen LogP contribution in [0.2, 0.25) is 0 Å². The predicted octanol–water partition coefficient (Wildman–Crippen LogP) is 2.88. The van der Waals surface area contributed by atoms with E-state index in [1.54, 1.807) is 24.3 Å². The van der Waals surface area contributed by atoms with Gasteiger partial charge >= 0.3 is 0 Å². The van der Waals surface area contributed by atoms with Gasteiger partial charge < -0.3 is 5.32 Å². The van der Waals surface area contributed by atoms with Crippen LogP contribution < -0.4 is 5.32 Å². The molecular formula is C21H19N3O3. The van der Waals surface area contributed by atoms with Crippen molar-refractivity contribution >= 4 is 17.7 Å². The maximum absolute atomic E-state index is 12.5. The van der Waals surface area contributed by atoms with Crippen LogP contribution in [0.15, 0.2) is 42.5 Å². The summed E-state index contributed by atoms with van der Waals surface area (Å²) in [5.41, 5.74) is 2.27. The Hall–Kier alpha value is -3.46. The molecule has 1 aliphatic rings. The minimum absolute atomic E-state index is 0.265. The second-order valence-corrected chi connectivity index (χ2v) is 6.37. The average Bonchev–Trinajstić information content (AvgIpc) is 2.94. The maximum atomic E-state index is 12.5. The van der Waals surface area contributed by atoms with Gasteiger partial charge in [0.1, 0.15) is 0 Å².